The van der Waals surface area contributed by atoms with Crippen molar-refractivity contribution in [2.24, 2.45) is 0 Å². The van der Waals surface area contributed by atoms with E-state index in [0.717, 1.165) is 5.69 Å². The number of methoxy groups -OCH3 is 2. The van der Waals surface area contributed by atoms with E-state index in [1.54, 1.807) is 42.1 Å². The predicted octanol–water partition coefficient (Wildman–Crippen LogP) is 3.41. The van der Waals surface area contributed by atoms with Crippen molar-refractivity contribution in [3.05, 3.63) is 71.3 Å². The van der Waals surface area contributed by atoms with Crippen LogP contribution in [0.4, 0.5) is 5.69 Å². The van der Waals surface area contributed by atoms with Crippen molar-refractivity contribution in [3.63, 3.8) is 0 Å². The minimum Gasteiger partial charge on any atom is -0.497 e. The summed E-state index contributed by atoms with van der Waals surface area (Å²) in [5, 5.41) is 11.1. The van der Waals surface area contributed by atoms with Crippen molar-refractivity contribution in [3.8, 4) is 17.2 Å². The molecule has 0 aliphatic heterocycles. The number of benzene rings is 2. The molecular weight excluding hydrogens is 442 g/mol. The van der Waals surface area contributed by atoms with Crippen LogP contribution in [0.5, 0.6) is 11.5 Å². The average molecular weight is 466 g/mol. The van der Waals surface area contributed by atoms with Crippen LogP contribution in [-0.2, 0) is 4.79 Å². The van der Waals surface area contributed by atoms with Gasteiger partial charge in [0.2, 0.25) is 11.6 Å². The Morgan fingerprint density at radius 1 is 1.09 bits per heavy atom. The highest BCUT2D eigenvalue weighted by atomic mass is 32.2. The van der Waals surface area contributed by atoms with Gasteiger partial charge in [0.1, 0.15) is 11.5 Å². The lowest BCUT2D eigenvalue weighted by Gasteiger charge is -2.16. The van der Waals surface area contributed by atoms with Crippen molar-refractivity contribution < 1.29 is 14.3 Å². The monoisotopic (exact) mass is 465 g/mol. The number of ether oxygens (including phenoxy) is 2. The Labute approximate surface area is 194 Å². The van der Waals surface area contributed by atoms with Crippen molar-refractivity contribution in [2.45, 2.75) is 23.8 Å². The van der Waals surface area contributed by atoms with Crippen LogP contribution in [0.3, 0.4) is 0 Å². The summed E-state index contributed by atoms with van der Waals surface area (Å²) in [6, 6.07) is 14.5. The smallest absolute Gasteiger partial charge is 0.300 e. The first-order valence-corrected chi connectivity index (χ1v) is 11.1. The third-order valence-electron chi connectivity index (χ3n) is 5.05. The number of nitrogens with zero attached hydrogens (tertiary/aromatic N) is 4. The summed E-state index contributed by atoms with van der Waals surface area (Å²) in [4.78, 5) is 25.9. The average Bonchev–Trinajstić information content (AvgIpc) is 3.27. The molecule has 2 heterocycles. The number of rotatable bonds is 8. The van der Waals surface area contributed by atoms with Gasteiger partial charge in [-0.25, -0.2) is 0 Å². The maximum atomic E-state index is 13.0. The molecule has 4 rings (SSSR count). The molecule has 0 spiro atoms. The SMILES string of the molecule is CCC(Sc1nnc2c(=O)n(-c3ccccc3)ccn12)C(=O)Nc1ccc(OC)cc1OC. The van der Waals surface area contributed by atoms with Gasteiger partial charge in [-0.2, -0.15) is 0 Å². The van der Waals surface area contributed by atoms with Gasteiger partial charge in [0, 0.05) is 24.1 Å². The Balaban J connectivity index is 1.57. The highest BCUT2D eigenvalue weighted by Gasteiger charge is 2.23. The molecule has 9 nitrogen and oxygen atoms in total. The quantitative estimate of drug-likeness (QED) is 0.398. The first-order chi connectivity index (χ1) is 16.0. The molecule has 0 saturated carbocycles. The Morgan fingerprint density at radius 2 is 1.88 bits per heavy atom. The van der Waals surface area contributed by atoms with E-state index in [1.165, 1.54) is 23.4 Å². The fraction of sp³-hybridized carbons (Fsp3) is 0.217. The summed E-state index contributed by atoms with van der Waals surface area (Å²) in [6.45, 7) is 1.91. The first-order valence-electron chi connectivity index (χ1n) is 10.3. The molecule has 1 unspecified atom stereocenters. The lowest BCUT2D eigenvalue weighted by Crippen LogP contribution is -2.25. The van der Waals surface area contributed by atoms with E-state index in [2.05, 4.69) is 15.5 Å². The number of carbonyl (C=O) groups excluding carboxylic acids is 1. The minimum atomic E-state index is -0.458. The molecule has 2 aromatic heterocycles. The summed E-state index contributed by atoms with van der Waals surface area (Å²) in [7, 11) is 3.09. The number of nitrogens with one attached hydrogen (secondary N) is 1. The highest BCUT2D eigenvalue weighted by Crippen LogP contribution is 2.31. The zero-order valence-electron chi connectivity index (χ0n) is 18.4. The summed E-state index contributed by atoms with van der Waals surface area (Å²) in [5.74, 6) is 0.916. The second-order valence-electron chi connectivity index (χ2n) is 7.06. The molecule has 0 radical (unpaired) electrons. The first kappa shape index (κ1) is 22.4. The van der Waals surface area contributed by atoms with E-state index < -0.39 is 5.25 Å². The van der Waals surface area contributed by atoms with Gasteiger partial charge in [-0.3, -0.25) is 18.6 Å². The fourth-order valence-corrected chi connectivity index (χ4v) is 4.24. The van der Waals surface area contributed by atoms with E-state index in [4.69, 9.17) is 9.47 Å². The van der Waals surface area contributed by atoms with E-state index >= 15 is 0 Å². The minimum absolute atomic E-state index is 0.191. The highest BCUT2D eigenvalue weighted by molar-refractivity contribution is 8.00. The Kier molecular flexibility index (Phi) is 6.64. The number of hydrogen-bond acceptors (Lipinski definition) is 7. The number of amides is 1. The molecule has 1 atom stereocenters. The van der Waals surface area contributed by atoms with Crippen LogP contribution in [0.25, 0.3) is 11.3 Å². The van der Waals surface area contributed by atoms with Crippen molar-refractivity contribution in [1.82, 2.24) is 19.2 Å². The summed E-state index contributed by atoms with van der Waals surface area (Å²) < 4.78 is 13.7. The maximum Gasteiger partial charge on any atom is 0.300 e. The van der Waals surface area contributed by atoms with E-state index in [-0.39, 0.29) is 17.1 Å². The molecule has 0 saturated heterocycles. The van der Waals surface area contributed by atoms with Crippen LogP contribution >= 0.6 is 11.8 Å². The Hall–Kier alpha value is -3.79. The summed E-state index contributed by atoms with van der Waals surface area (Å²) in [6.07, 6.45) is 3.94. The van der Waals surface area contributed by atoms with Gasteiger partial charge in [0.05, 0.1) is 25.2 Å². The number of anilines is 1. The summed E-state index contributed by atoms with van der Waals surface area (Å²) >= 11 is 1.25. The topological polar surface area (TPSA) is 99.8 Å². The molecule has 0 fully saturated rings. The second kappa shape index (κ2) is 9.78. The third-order valence-corrected chi connectivity index (χ3v) is 6.37. The fourth-order valence-electron chi connectivity index (χ4n) is 3.30. The van der Waals surface area contributed by atoms with Crippen molar-refractivity contribution in [2.75, 3.05) is 19.5 Å². The number of para-hydroxylation sites is 1. The normalized spacial score (nSPS) is 11.8. The molecule has 1 amide bonds. The Morgan fingerprint density at radius 3 is 2.58 bits per heavy atom. The molecule has 10 heteroatoms. The molecule has 0 aliphatic carbocycles. The molecule has 170 valence electrons. The van der Waals surface area contributed by atoms with Crippen molar-refractivity contribution in [1.29, 1.82) is 0 Å². The van der Waals surface area contributed by atoms with Gasteiger partial charge in [0.25, 0.3) is 0 Å². The van der Waals surface area contributed by atoms with Gasteiger partial charge in [0.15, 0.2) is 5.16 Å². The zero-order chi connectivity index (χ0) is 23.4. The molecule has 0 bridgehead atoms. The van der Waals surface area contributed by atoms with Gasteiger partial charge in [-0.15, -0.1) is 10.2 Å². The molecule has 33 heavy (non-hydrogen) atoms. The largest absolute Gasteiger partial charge is 0.497 e. The number of thioether (sulfide) groups is 1. The molecule has 2 aromatic carbocycles. The van der Waals surface area contributed by atoms with Gasteiger partial charge < -0.3 is 14.8 Å². The van der Waals surface area contributed by atoms with E-state index in [0.29, 0.717) is 28.8 Å². The molecular formula is C23H23N5O4S. The van der Waals surface area contributed by atoms with E-state index in [1.807, 2.05) is 37.3 Å². The lowest BCUT2D eigenvalue weighted by molar-refractivity contribution is -0.115. The number of aromatic nitrogens is 4. The molecule has 1 N–H and O–H groups in total. The number of carbonyl (C=O) groups is 1. The van der Waals surface area contributed by atoms with Gasteiger partial charge >= 0.3 is 5.56 Å². The lowest BCUT2D eigenvalue weighted by atomic mass is 10.2. The van der Waals surface area contributed by atoms with E-state index in [9.17, 15) is 9.59 Å². The second-order valence-corrected chi connectivity index (χ2v) is 8.23. The summed E-state index contributed by atoms with van der Waals surface area (Å²) in [5.41, 5.74) is 1.18. The third kappa shape index (κ3) is 4.56. The number of fused-ring (bicyclic) bond motifs is 1. The van der Waals surface area contributed by atoms with Gasteiger partial charge in [-0.05, 0) is 30.7 Å². The van der Waals surface area contributed by atoms with Crippen molar-refractivity contribution >= 4 is 29.0 Å². The predicted molar refractivity (Wildman–Crippen MR) is 127 cm³/mol. The maximum absolute atomic E-state index is 13.0. The Bertz CT molecular complexity index is 1340. The van der Waals surface area contributed by atoms with Crippen LogP contribution in [-0.4, -0.2) is 44.5 Å². The van der Waals surface area contributed by atoms with Crippen LogP contribution in [0.15, 0.2) is 70.9 Å². The zero-order valence-corrected chi connectivity index (χ0v) is 19.2. The van der Waals surface area contributed by atoms with Crippen LogP contribution in [0.2, 0.25) is 0 Å². The number of hydrogen-bond donors (Lipinski definition) is 1. The standard InChI is InChI=1S/C23H23N5O4S/c1-4-19(21(29)24-17-11-10-16(31-2)14-18(17)32-3)33-23-26-25-20-22(30)27(12-13-28(20)23)15-8-6-5-7-9-15/h5-14,19H,4H2,1-3H3,(H,24,29). The van der Waals surface area contributed by atoms with Gasteiger partial charge in [-0.1, -0.05) is 36.9 Å². The van der Waals surface area contributed by atoms with Crippen LogP contribution in [0, 0.1) is 0 Å². The molecule has 4 aromatic rings. The molecule has 0 aliphatic rings. The van der Waals surface area contributed by atoms with Crippen LogP contribution < -0.4 is 20.3 Å². The van der Waals surface area contributed by atoms with Crippen LogP contribution in [0.1, 0.15) is 13.3 Å².